The molecule has 0 aliphatic rings. The number of allylic oxidation sites excluding steroid dienone is 1. The molecule has 1 atom stereocenters. The summed E-state index contributed by atoms with van der Waals surface area (Å²) >= 11 is 0. The van der Waals surface area contributed by atoms with Crippen molar-refractivity contribution in [2.45, 2.75) is 32.6 Å². The SMILES string of the molecule is C=CCOc1c(C=O)cc(C(C)CC)cc1CC=C. The number of rotatable bonds is 8. The van der Waals surface area contributed by atoms with E-state index in [1.807, 2.05) is 12.1 Å². The van der Waals surface area contributed by atoms with Gasteiger partial charge in [0.1, 0.15) is 12.4 Å². The number of ether oxygens (including phenoxy) is 1. The van der Waals surface area contributed by atoms with Crippen molar-refractivity contribution in [3.05, 3.63) is 54.1 Å². The van der Waals surface area contributed by atoms with Gasteiger partial charge in [0, 0.05) is 0 Å². The zero-order valence-electron chi connectivity index (χ0n) is 11.8. The minimum absolute atomic E-state index is 0.396. The summed E-state index contributed by atoms with van der Waals surface area (Å²) in [6, 6.07) is 4.04. The van der Waals surface area contributed by atoms with Crippen molar-refractivity contribution in [2.24, 2.45) is 0 Å². The van der Waals surface area contributed by atoms with Gasteiger partial charge in [-0.3, -0.25) is 4.79 Å². The predicted octanol–water partition coefficient (Wildman–Crippen LogP) is 4.31. The first-order valence-electron chi connectivity index (χ1n) is 6.64. The normalized spacial score (nSPS) is 11.7. The van der Waals surface area contributed by atoms with E-state index in [0.717, 1.165) is 18.3 Å². The van der Waals surface area contributed by atoms with Gasteiger partial charge in [0.15, 0.2) is 6.29 Å². The standard InChI is InChI=1S/C17H22O2/c1-5-8-14-10-15(13(4)7-3)11-16(12-18)17(14)19-9-6-2/h5-6,10-13H,1-2,7-9H2,3-4H3. The predicted molar refractivity (Wildman–Crippen MR) is 80.1 cm³/mol. The Morgan fingerprint density at radius 2 is 2.05 bits per heavy atom. The number of hydrogen-bond acceptors (Lipinski definition) is 2. The van der Waals surface area contributed by atoms with Crippen LogP contribution in [0.15, 0.2) is 37.4 Å². The molecule has 2 nitrogen and oxygen atoms in total. The van der Waals surface area contributed by atoms with Gasteiger partial charge in [0.25, 0.3) is 0 Å². The van der Waals surface area contributed by atoms with Crippen LogP contribution in [0.3, 0.4) is 0 Å². The first-order chi connectivity index (χ1) is 9.17. The largest absolute Gasteiger partial charge is 0.488 e. The zero-order valence-corrected chi connectivity index (χ0v) is 11.8. The Labute approximate surface area is 115 Å². The fourth-order valence-corrected chi connectivity index (χ4v) is 1.97. The highest BCUT2D eigenvalue weighted by Crippen LogP contribution is 2.30. The summed E-state index contributed by atoms with van der Waals surface area (Å²) in [5.41, 5.74) is 2.79. The lowest BCUT2D eigenvalue weighted by Crippen LogP contribution is -2.04. The van der Waals surface area contributed by atoms with Crippen molar-refractivity contribution in [3.8, 4) is 5.75 Å². The molecule has 102 valence electrons. The first kappa shape index (κ1) is 15.2. The number of hydrogen-bond donors (Lipinski definition) is 0. The molecule has 1 aromatic rings. The minimum Gasteiger partial charge on any atom is -0.488 e. The summed E-state index contributed by atoms with van der Waals surface area (Å²) in [6.07, 6.45) is 6.09. The smallest absolute Gasteiger partial charge is 0.153 e. The molecule has 0 saturated carbocycles. The third-order valence-corrected chi connectivity index (χ3v) is 3.24. The Bertz CT molecular complexity index is 461. The lowest BCUT2D eigenvalue weighted by Gasteiger charge is -2.16. The molecular formula is C17H22O2. The molecule has 0 heterocycles. The van der Waals surface area contributed by atoms with Crippen molar-refractivity contribution in [2.75, 3.05) is 6.61 Å². The van der Waals surface area contributed by atoms with Crippen LogP contribution in [-0.2, 0) is 6.42 Å². The second-order valence-electron chi connectivity index (χ2n) is 4.62. The van der Waals surface area contributed by atoms with Crippen molar-refractivity contribution in [1.82, 2.24) is 0 Å². The van der Waals surface area contributed by atoms with E-state index < -0.39 is 0 Å². The molecule has 1 aromatic carbocycles. The molecular weight excluding hydrogens is 236 g/mol. The van der Waals surface area contributed by atoms with Gasteiger partial charge in [-0.2, -0.15) is 0 Å². The highest BCUT2D eigenvalue weighted by atomic mass is 16.5. The second kappa shape index (κ2) is 7.57. The lowest BCUT2D eigenvalue weighted by atomic mass is 9.93. The highest BCUT2D eigenvalue weighted by molar-refractivity contribution is 5.81. The Morgan fingerprint density at radius 1 is 1.32 bits per heavy atom. The molecule has 0 amide bonds. The third-order valence-electron chi connectivity index (χ3n) is 3.24. The lowest BCUT2D eigenvalue weighted by molar-refractivity contribution is 0.112. The van der Waals surface area contributed by atoms with E-state index in [9.17, 15) is 4.79 Å². The minimum atomic E-state index is 0.396. The third kappa shape index (κ3) is 3.82. The quantitative estimate of drug-likeness (QED) is 0.513. The van der Waals surface area contributed by atoms with Gasteiger partial charge in [-0.15, -0.1) is 6.58 Å². The average Bonchev–Trinajstić information content (AvgIpc) is 2.44. The van der Waals surface area contributed by atoms with E-state index in [2.05, 4.69) is 33.1 Å². The van der Waals surface area contributed by atoms with Gasteiger partial charge in [0.05, 0.1) is 5.56 Å². The number of carbonyl (C=O) groups excluding carboxylic acids is 1. The molecule has 0 N–H and O–H groups in total. The van der Waals surface area contributed by atoms with E-state index in [4.69, 9.17) is 4.74 Å². The van der Waals surface area contributed by atoms with E-state index in [0.29, 0.717) is 30.3 Å². The van der Waals surface area contributed by atoms with Gasteiger partial charge in [-0.1, -0.05) is 38.6 Å². The molecule has 0 spiro atoms. The Morgan fingerprint density at radius 3 is 2.58 bits per heavy atom. The number of benzene rings is 1. The van der Waals surface area contributed by atoms with E-state index >= 15 is 0 Å². The fourth-order valence-electron chi connectivity index (χ4n) is 1.97. The van der Waals surface area contributed by atoms with Crippen LogP contribution in [0.2, 0.25) is 0 Å². The Hall–Kier alpha value is -1.83. The summed E-state index contributed by atoms with van der Waals surface area (Å²) < 4.78 is 5.63. The van der Waals surface area contributed by atoms with Crippen LogP contribution in [0.4, 0.5) is 0 Å². The van der Waals surface area contributed by atoms with Crippen LogP contribution in [-0.4, -0.2) is 12.9 Å². The molecule has 0 bridgehead atoms. The van der Waals surface area contributed by atoms with E-state index in [1.165, 1.54) is 5.56 Å². The maximum Gasteiger partial charge on any atom is 0.153 e. The molecule has 0 radical (unpaired) electrons. The molecule has 0 aromatic heterocycles. The van der Waals surface area contributed by atoms with Crippen molar-refractivity contribution < 1.29 is 9.53 Å². The number of aldehydes is 1. The fraction of sp³-hybridized carbons (Fsp3) is 0.353. The molecule has 0 aliphatic heterocycles. The summed E-state index contributed by atoms with van der Waals surface area (Å²) in [5, 5.41) is 0. The monoisotopic (exact) mass is 258 g/mol. The molecule has 0 aliphatic carbocycles. The maximum absolute atomic E-state index is 11.3. The molecule has 2 heteroatoms. The summed E-state index contributed by atoms with van der Waals surface area (Å²) in [4.78, 5) is 11.3. The van der Waals surface area contributed by atoms with Gasteiger partial charge in [0.2, 0.25) is 0 Å². The van der Waals surface area contributed by atoms with Gasteiger partial charge >= 0.3 is 0 Å². The summed E-state index contributed by atoms with van der Waals surface area (Å²) in [7, 11) is 0. The van der Waals surface area contributed by atoms with E-state index in [-0.39, 0.29) is 0 Å². The Kier molecular flexibility index (Phi) is 6.07. The van der Waals surface area contributed by atoms with Crippen molar-refractivity contribution in [1.29, 1.82) is 0 Å². The van der Waals surface area contributed by atoms with Crippen molar-refractivity contribution in [3.63, 3.8) is 0 Å². The molecule has 1 rings (SSSR count). The zero-order chi connectivity index (χ0) is 14.3. The van der Waals surface area contributed by atoms with Crippen LogP contribution in [0.25, 0.3) is 0 Å². The first-order valence-corrected chi connectivity index (χ1v) is 6.64. The number of carbonyl (C=O) groups is 1. The van der Waals surface area contributed by atoms with E-state index in [1.54, 1.807) is 6.08 Å². The molecule has 19 heavy (non-hydrogen) atoms. The average molecular weight is 258 g/mol. The summed E-state index contributed by atoms with van der Waals surface area (Å²) in [5.74, 6) is 1.08. The van der Waals surface area contributed by atoms with Crippen LogP contribution in [0.1, 0.15) is 47.7 Å². The van der Waals surface area contributed by atoms with Gasteiger partial charge in [-0.25, -0.2) is 0 Å². The Balaban J connectivity index is 3.29. The second-order valence-corrected chi connectivity index (χ2v) is 4.62. The van der Waals surface area contributed by atoms with Crippen LogP contribution < -0.4 is 4.74 Å². The molecule has 0 saturated heterocycles. The van der Waals surface area contributed by atoms with Crippen LogP contribution in [0, 0.1) is 0 Å². The summed E-state index contributed by atoms with van der Waals surface area (Å²) in [6.45, 7) is 12.1. The van der Waals surface area contributed by atoms with Gasteiger partial charge in [-0.05, 0) is 36.0 Å². The topological polar surface area (TPSA) is 26.3 Å². The van der Waals surface area contributed by atoms with Crippen LogP contribution in [0.5, 0.6) is 5.75 Å². The maximum atomic E-state index is 11.3. The van der Waals surface area contributed by atoms with Crippen molar-refractivity contribution >= 4 is 6.29 Å². The van der Waals surface area contributed by atoms with Crippen LogP contribution >= 0.6 is 0 Å². The molecule has 0 fully saturated rings. The highest BCUT2D eigenvalue weighted by Gasteiger charge is 2.13. The van der Waals surface area contributed by atoms with Gasteiger partial charge < -0.3 is 4.74 Å². The molecule has 1 unspecified atom stereocenters.